The fourth-order valence-corrected chi connectivity index (χ4v) is 4.52. The summed E-state index contributed by atoms with van der Waals surface area (Å²) in [4.78, 5) is 27.1. The van der Waals surface area contributed by atoms with Crippen molar-refractivity contribution in [3.8, 4) is 0 Å². The maximum atomic E-state index is 12.3. The molecule has 2 aliphatic rings. The normalized spacial score (nSPS) is 19.3. The van der Waals surface area contributed by atoms with Crippen LogP contribution in [-0.2, 0) is 13.1 Å². The number of H-pyrrole nitrogens is 1. The number of hydrogen-bond acceptors (Lipinski definition) is 5. The third-order valence-electron chi connectivity index (χ3n) is 5.80. The van der Waals surface area contributed by atoms with E-state index in [1.807, 2.05) is 18.2 Å². The molecule has 1 aromatic carbocycles. The zero-order valence-electron chi connectivity index (χ0n) is 16.9. The molecule has 0 bridgehead atoms. The van der Waals surface area contributed by atoms with Gasteiger partial charge in [0.15, 0.2) is 0 Å². The summed E-state index contributed by atoms with van der Waals surface area (Å²) in [6, 6.07) is 9.73. The molecule has 6 nitrogen and oxygen atoms in total. The Labute approximate surface area is 177 Å². The van der Waals surface area contributed by atoms with E-state index >= 15 is 0 Å². The molecule has 0 radical (unpaired) electrons. The summed E-state index contributed by atoms with van der Waals surface area (Å²) >= 11 is 6.13. The van der Waals surface area contributed by atoms with Crippen LogP contribution in [-0.4, -0.2) is 59.0 Å². The van der Waals surface area contributed by atoms with Gasteiger partial charge in [-0.1, -0.05) is 30.2 Å². The number of aromatic nitrogens is 2. The van der Waals surface area contributed by atoms with Crippen LogP contribution in [0.4, 0.5) is 5.95 Å². The Balaban J connectivity index is 1.40. The first-order valence-electron chi connectivity index (χ1n) is 10.7. The second kappa shape index (κ2) is 9.74. The number of likely N-dealkylation sites (tertiary alicyclic amines) is 1. The van der Waals surface area contributed by atoms with Crippen LogP contribution in [0.5, 0.6) is 0 Å². The Morgan fingerprint density at radius 3 is 2.52 bits per heavy atom. The van der Waals surface area contributed by atoms with Gasteiger partial charge < -0.3 is 4.90 Å². The molecule has 0 aliphatic carbocycles. The molecular formula is C22H30ClN5O. The van der Waals surface area contributed by atoms with Crippen LogP contribution in [0.15, 0.2) is 35.1 Å². The molecule has 7 heteroatoms. The molecule has 2 saturated heterocycles. The van der Waals surface area contributed by atoms with E-state index in [0.717, 1.165) is 69.5 Å². The second-order valence-corrected chi connectivity index (χ2v) is 8.58. The van der Waals surface area contributed by atoms with Crippen LogP contribution < -0.4 is 10.5 Å². The molecule has 0 amide bonds. The van der Waals surface area contributed by atoms with Crippen molar-refractivity contribution in [1.29, 1.82) is 0 Å². The summed E-state index contributed by atoms with van der Waals surface area (Å²) in [5.74, 6) is 0.717. The molecule has 2 fully saturated rings. The summed E-state index contributed by atoms with van der Waals surface area (Å²) in [5, 5.41) is 0.784. The lowest BCUT2D eigenvalue weighted by Gasteiger charge is -2.27. The fourth-order valence-electron chi connectivity index (χ4n) is 4.31. The predicted molar refractivity (Wildman–Crippen MR) is 118 cm³/mol. The smallest absolute Gasteiger partial charge is 0.252 e. The Bertz CT molecular complexity index is 864. The highest BCUT2D eigenvalue weighted by molar-refractivity contribution is 6.30. The maximum Gasteiger partial charge on any atom is 0.252 e. The van der Waals surface area contributed by atoms with Crippen LogP contribution in [0.3, 0.4) is 0 Å². The fraction of sp³-hybridized carbons (Fsp3) is 0.545. The number of piperidine rings is 1. The summed E-state index contributed by atoms with van der Waals surface area (Å²) < 4.78 is 0. The average molecular weight is 416 g/mol. The number of halogens is 1. The van der Waals surface area contributed by atoms with E-state index in [1.54, 1.807) is 6.07 Å². The van der Waals surface area contributed by atoms with Gasteiger partial charge in [-0.25, -0.2) is 4.98 Å². The number of benzene rings is 1. The van der Waals surface area contributed by atoms with Gasteiger partial charge in [0, 0.05) is 50.4 Å². The molecule has 1 aromatic heterocycles. The summed E-state index contributed by atoms with van der Waals surface area (Å²) in [7, 11) is 0. The summed E-state index contributed by atoms with van der Waals surface area (Å²) in [6.45, 7) is 7.60. The first-order valence-corrected chi connectivity index (χ1v) is 11.1. The molecule has 156 valence electrons. The lowest BCUT2D eigenvalue weighted by molar-refractivity contribution is 0.218. The number of aromatic amines is 1. The van der Waals surface area contributed by atoms with Gasteiger partial charge in [-0.05, 0) is 50.0 Å². The third-order valence-corrected chi connectivity index (χ3v) is 6.03. The molecule has 0 spiro atoms. The minimum atomic E-state index is -0.0537. The molecule has 4 rings (SSSR count). The Kier molecular flexibility index (Phi) is 6.85. The standard InChI is InChI=1S/C22H30ClN5O/c23-19-7-4-6-18(14-19)16-27-10-5-11-28(13-12-27)22-24-20(15-21(29)25-22)17-26-8-2-1-3-9-26/h4,6-7,14-15H,1-3,5,8-13,16-17H2,(H,24,25,29). The maximum absolute atomic E-state index is 12.3. The van der Waals surface area contributed by atoms with Crippen molar-refractivity contribution >= 4 is 17.5 Å². The van der Waals surface area contributed by atoms with Gasteiger partial charge in [0.25, 0.3) is 5.56 Å². The van der Waals surface area contributed by atoms with Crippen LogP contribution in [0.2, 0.25) is 5.02 Å². The summed E-state index contributed by atoms with van der Waals surface area (Å²) in [5.41, 5.74) is 2.06. The Hall–Kier alpha value is -1.89. The van der Waals surface area contributed by atoms with Crippen molar-refractivity contribution in [3.05, 3.63) is 57.0 Å². The largest absolute Gasteiger partial charge is 0.341 e. The Morgan fingerprint density at radius 2 is 1.69 bits per heavy atom. The number of nitrogens with zero attached hydrogens (tertiary/aromatic N) is 4. The van der Waals surface area contributed by atoms with E-state index < -0.39 is 0 Å². The van der Waals surface area contributed by atoms with Crippen molar-refractivity contribution in [2.45, 2.75) is 38.8 Å². The molecular weight excluding hydrogens is 386 g/mol. The van der Waals surface area contributed by atoms with Gasteiger partial charge in [0.2, 0.25) is 5.95 Å². The first-order chi connectivity index (χ1) is 14.2. The first kappa shape index (κ1) is 20.4. The molecule has 2 aliphatic heterocycles. The zero-order chi connectivity index (χ0) is 20.1. The van der Waals surface area contributed by atoms with E-state index in [0.29, 0.717) is 5.95 Å². The molecule has 1 N–H and O–H groups in total. The van der Waals surface area contributed by atoms with Gasteiger partial charge in [-0.15, -0.1) is 0 Å². The van der Waals surface area contributed by atoms with E-state index in [-0.39, 0.29) is 5.56 Å². The molecule has 3 heterocycles. The second-order valence-electron chi connectivity index (χ2n) is 8.14. The molecule has 0 atom stereocenters. The van der Waals surface area contributed by atoms with Crippen LogP contribution in [0, 0.1) is 0 Å². The number of rotatable bonds is 5. The van der Waals surface area contributed by atoms with Crippen LogP contribution in [0.1, 0.15) is 36.9 Å². The minimum absolute atomic E-state index is 0.0537. The summed E-state index contributed by atoms with van der Waals surface area (Å²) in [6.07, 6.45) is 4.83. The monoisotopic (exact) mass is 415 g/mol. The van der Waals surface area contributed by atoms with E-state index in [4.69, 9.17) is 16.6 Å². The minimum Gasteiger partial charge on any atom is -0.341 e. The highest BCUT2D eigenvalue weighted by Crippen LogP contribution is 2.17. The molecule has 29 heavy (non-hydrogen) atoms. The van der Waals surface area contributed by atoms with Crippen molar-refractivity contribution < 1.29 is 0 Å². The molecule has 0 saturated carbocycles. The van der Waals surface area contributed by atoms with Gasteiger partial charge in [0.05, 0.1) is 5.69 Å². The lowest BCUT2D eigenvalue weighted by atomic mass is 10.1. The highest BCUT2D eigenvalue weighted by atomic mass is 35.5. The van der Waals surface area contributed by atoms with E-state index in [2.05, 4.69) is 25.8 Å². The molecule has 2 aromatic rings. The SMILES string of the molecule is O=c1cc(CN2CCCCC2)nc(N2CCCN(Cc3cccc(Cl)c3)CC2)[nH]1. The lowest BCUT2D eigenvalue weighted by Crippen LogP contribution is -2.34. The van der Waals surface area contributed by atoms with Crippen molar-refractivity contribution in [2.24, 2.45) is 0 Å². The van der Waals surface area contributed by atoms with Gasteiger partial charge >= 0.3 is 0 Å². The average Bonchev–Trinajstić information content (AvgIpc) is 2.94. The van der Waals surface area contributed by atoms with E-state index in [1.165, 1.54) is 24.8 Å². The van der Waals surface area contributed by atoms with Crippen LogP contribution >= 0.6 is 11.6 Å². The van der Waals surface area contributed by atoms with Crippen LogP contribution in [0.25, 0.3) is 0 Å². The molecule has 0 unspecified atom stereocenters. The predicted octanol–water partition coefficient (Wildman–Crippen LogP) is 3.12. The zero-order valence-corrected chi connectivity index (χ0v) is 17.7. The Morgan fingerprint density at radius 1 is 0.897 bits per heavy atom. The van der Waals surface area contributed by atoms with Crippen molar-refractivity contribution in [1.82, 2.24) is 19.8 Å². The highest BCUT2D eigenvalue weighted by Gasteiger charge is 2.18. The number of hydrogen-bond donors (Lipinski definition) is 1. The topological polar surface area (TPSA) is 55.5 Å². The van der Waals surface area contributed by atoms with Crippen molar-refractivity contribution in [3.63, 3.8) is 0 Å². The third kappa shape index (κ3) is 5.81. The number of anilines is 1. The van der Waals surface area contributed by atoms with E-state index in [9.17, 15) is 4.79 Å². The quantitative estimate of drug-likeness (QED) is 0.813. The van der Waals surface area contributed by atoms with Crippen molar-refractivity contribution in [2.75, 3.05) is 44.2 Å². The van der Waals surface area contributed by atoms with Gasteiger partial charge in [-0.3, -0.25) is 19.6 Å². The number of nitrogens with one attached hydrogen (secondary N) is 1. The van der Waals surface area contributed by atoms with Gasteiger partial charge in [-0.2, -0.15) is 0 Å². The van der Waals surface area contributed by atoms with Gasteiger partial charge in [0.1, 0.15) is 0 Å².